The van der Waals surface area contributed by atoms with Gasteiger partial charge in [0.1, 0.15) is 13.1 Å². The number of aromatic nitrogens is 1. The Bertz CT molecular complexity index is 505. The number of aliphatic carboxylic acids is 1. The van der Waals surface area contributed by atoms with Crippen LogP contribution in [0, 0.1) is 6.92 Å². The number of carboxylic acid groups (broad SMARTS) is 1. The van der Waals surface area contributed by atoms with E-state index in [0.29, 0.717) is 5.69 Å². The van der Waals surface area contributed by atoms with Crippen molar-refractivity contribution in [1.82, 2.24) is 9.88 Å². The molecule has 0 aliphatic carbocycles. The maximum absolute atomic E-state index is 12.3. The van der Waals surface area contributed by atoms with Crippen LogP contribution in [0.25, 0.3) is 0 Å². The Balaban J connectivity index is 2.83. The monoisotopic (exact) mass is 291 g/mol. The number of carbonyl (C=O) groups is 2. The van der Waals surface area contributed by atoms with Crippen LogP contribution < -0.4 is 5.32 Å². The molecule has 2 N–H and O–H groups in total. The van der Waals surface area contributed by atoms with Crippen LogP contribution in [0.1, 0.15) is 5.69 Å². The predicted octanol–water partition coefficient (Wildman–Crippen LogP) is 1.87. The molecule has 0 bridgehead atoms. The van der Waals surface area contributed by atoms with Crippen molar-refractivity contribution in [3.63, 3.8) is 0 Å². The minimum Gasteiger partial charge on any atom is -0.480 e. The number of pyridine rings is 1. The van der Waals surface area contributed by atoms with E-state index in [-0.39, 0.29) is 10.6 Å². The van der Waals surface area contributed by atoms with E-state index in [4.69, 9.17) is 5.11 Å². The van der Waals surface area contributed by atoms with Crippen molar-refractivity contribution < 1.29 is 27.9 Å². The normalized spacial score (nSPS) is 11.0. The van der Waals surface area contributed by atoms with Gasteiger partial charge in [-0.15, -0.1) is 0 Å². The molecule has 1 aromatic rings. The molecule has 0 saturated heterocycles. The number of hydrogen-bond donors (Lipinski definition) is 2. The van der Waals surface area contributed by atoms with Crippen molar-refractivity contribution in [2.24, 2.45) is 0 Å². The number of urea groups is 1. The van der Waals surface area contributed by atoms with Crippen LogP contribution in [0.15, 0.2) is 18.3 Å². The van der Waals surface area contributed by atoms with Crippen molar-refractivity contribution in [2.75, 3.05) is 18.4 Å². The van der Waals surface area contributed by atoms with Crippen LogP contribution in [-0.4, -0.2) is 46.3 Å². The Labute approximate surface area is 112 Å². The zero-order chi connectivity index (χ0) is 15.3. The molecular formula is C11H12F3N3O3. The second-order valence-corrected chi connectivity index (χ2v) is 3.93. The van der Waals surface area contributed by atoms with Crippen LogP contribution >= 0.6 is 0 Å². The fraction of sp³-hybridized carbons (Fsp3) is 0.364. The molecule has 0 atom stereocenters. The van der Waals surface area contributed by atoms with E-state index < -0.39 is 31.3 Å². The van der Waals surface area contributed by atoms with Gasteiger partial charge in [-0.25, -0.2) is 4.79 Å². The number of aryl methyl sites for hydroxylation is 1. The highest BCUT2D eigenvalue weighted by Crippen LogP contribution is 2.18. The smallest absolute Gasteiger partial charge is 0.406 e. The Morgan fingerprint density at radius 1 is 1.45 bits per heavy atom. The lowest BCUT2D eigenvalue weighted by Crippen LogP contribution is -2.44. The van der Waals surface area contributed by atoms with E-state index in [9.17, 15) is 22.8 Å². The van der Waals surface area contributed by atoms with E-state index in [1.807, 2.05) is 0 Å². The first-order chi connectivity index (χ1) is 9.19. The van der Waals surface area contributed by atoms with Crippen LogP contribution in [0.2, 0.25) is 0 Å². The molecule has 0 aromatic carbocycles. The highest BCUT2D eigenvalue weighted by molar-refractivity contribution is 5.91. The third-order valence-electron chi connectivity index (χ3n) is 2.23. The summed E-state index contributed by atoms with van der Waals surface area (Å²) in [5.41, 5.74) is 0.623. The van der Waals surface area contributed by atoms with Gasteiger partial charge in [-0.05, 0) is 19.1 Å². The Kier molecular flexibility index (Phi) is 4.89. The van der Waals surface area contributed by atoms with Crippen molar-refractivity contribution in [3.05, 3.63) is 24.0 Å². The van der Waals surface area contributed by atoms with Gasteiger partial charge in [0, 0.05) is 6.20 Å². The lowest BCUT2D eigenvalue weighted by Gasteiger charge is -2.22. The first-order valence-electron chi connectivity index (χ1n) is 5.45. The molecule has 1 rings (SSSR count). The van der Waals surface area contributed by atoms with Crippen molar-refractivity contribution >= 4 is 17.7 Å². The second kappa shape index (κ2) is 6.22. The number of rotatable bonds is 4. The molecule has 20 heavy (non-hydrogen) atoms. The van der Waals surface area contributed by atoms with E-state index >= 15 is 0 Å². The van der Waals surface area contributed by atoms with Gasteiger partial charge in [0.25, 0.3) is 0 Å². The SMILES string of the molecule is Cc1ncccc1NC(=O)N(CC(=O)O)CC(F)(F)F. The van der Waals surface area contributed by atoms with E-state index in [0.717, 1.165) is 0 Å². The van der Waals surface area contributed by atoms with Gasteiger partial charge in [0.15, 0.2) is 0 Å². The number of carboxylic acids is 1. The number of nitrogens with zero attached hydrogens (tertiary/aromatic N) is 2. The quantitative estimate of drug-likeness (QED) is 0.887. The van der Waals surface area contributed by atoms with E-state index in [1.165, 1.54) is 18.3 Å². The summed E-state index contributed by atoms with van der Waals surface area (Å²) in [5, 5.41) is 10.7. The van der Waals surface area contributed by atoms with Gasteiger partial charge in [-0.2, -0.15) is 13.2 Å². The maximum atomic E-state index is 12.3. The molecular weight excluding hydrogens is 279 g/mol. The number of amides is 2. The summed E-state index contributed by atoms with van der Waals surface area (Å²) in [5.74, 6) is -1.53. The lowest BCUT2D eigenvalue weighted by atomic mass is 10.3. The van der Waals surface area contributed by atoms with E-state index in [1.54, 1.807) is 6.92 Å². The van der Waals surface area contributed by atoms with Crippen LogP contribution in [0.4, 0.5) is 23.7 Å². The molecule has 2 amide bonds. The molecule has 1 aromatic heterocycles. The van der Waals surface area contributed by atoms with Gasteiger partial charge in [0.05, 0.1) is 11.4 Å². The molecule has 110 valence electrons. The second-order valence-electron chi connectivity index (χ2n) is 3.93. The van der Waals surface area contributed by atoms with Gasteiger partial charge >= 0.3 is 18.2 Å². The summed E-state index contributed by atoms with van der Waals surface area (Å²) in [7, 11) is 0. The fourth-order valence-electron chi connectivity index (χ4n) is 1.39. The number of halogens is 3. The Morgan fingerprint density at radius 2 is 2.10 bits per heavy atom. The Hall–Kier alpha value is -2.32. The van der Waals surface area contributed by atoms with Crippen molar-refractivity contribution in [2.45, 2.75) is 13.1 Å². The highest BCUT2D eigenvalue weighted by Gasteiger charge is 2.34. The zero-order valence-corrected chi connectivity index (χ0v) is 10.4. The summed E-state index contributed by atoms with van der Waals surface area (Å²) < 4.78 is 36.9. The largest absolute Gasteiger partial charge is 0.480 e. The number of nitrogens with one attached hydrogen (secondary N) is 1. The summed E-state index contributed by atoms with van der Waals surface area (Å²) in [6, 6.07) is 1.79. The average Bonchev–Trinajstić information content (AvgIpc) is 2.28. The first kappa shape index (κ1) is 15.7. The summed E-state index contributed by atoms with van der Waals surface area (Å²) in [6.45, 7) is -1.14. The van der Waals surface area contributed by atoms with Gasteiger partial charge < -0.3 is 15.3 Å². The number of alkyl halides is 3. The van der Waals surface area contributed by atoms with Gasteiger partial charge in [-0.1, -0.05) is 0 Å². The Morgan fingerprint density at radius 3 is 2.60 bits per heavy atom. The average molecular weight is 291 g/mol. The molecule has 1 heterocycles. The standard InChI is InChI=1S/C11H12F3N3O3/c1-7-8(3-2-4-15-7)16-10(20)17(5-9(18)19)6-11(12,13)14/h2-4H,5-6H2,1H3,(H,16,20)(H,18,19). The van der Waals surface area contributed by atoms with Crippen LogP contribution in [-0.2, 0) is 4.79 Å². The maximum Gasteiger partial charge on any atom is 0.406 e. The molecule has 6 nitrogen and oxygen atoms in total. The zero-order valence-electron chi connectivity index (χ0n) is 10.4. The molecule has 0 aliphatic heterocycles. The first-order valence-corrected chi connectivity index (χ1v) is 5.45. The number of hydrogen-bond acceptors (Lipinski definition) is 3. The minimum absolute atomic E-state index is 0.161. The minimum atomic E-state index is -4.68. The van der Waals surface area contributed by atoms with Crippen LogP contribution in [0.3, 0.4) is 0 Å². The number of anilines is 1. The highest BCUT2D eigenvalue weighted by atomic mass is 19.4. The topological polar surface area (TPSA) is 82.5 Å². The third kappa shape index (κ3) is 5.12. The van der Waals surface area contributed by atoms with E-state index in [2.05, 4.69) is 10.3 Å². The van der Waals surface area contributed by atoms with Gasteiger partial charge in [-0.3, -0.25) is 9.78 Å². The van der Waals surface area contributed by atoms with Crippen LogP contribution in [0.5, 0.6) is 0 Å². The van der Waals surface area contributed by atoms with Crippen molar-refractivity contribution in [3.8, 4) is 0 Å². The summed E-state index contributed by atoms with van der Waals surface area (Å²) in [4.78, 5) is 26.2. The lowest BCUT2D eigenvalue weighted by molar-refractivity contribution is -0.148. The summed E-state index contributed by atoms with van der Waals surface area (Å²) >= 11 is 0. The van der Waals surface area contributed by atoms with Gasteiger partial charge in [0.2, 0.25) is 0 Å². The molecule has 0 fully saturated rings. The molecule has 0 radical (unpaired) electrons. The molecule has 0 aliphatic rings. The molecule has 9 heteroatoms. The molecule has 0 unspecified atom stereocenters. The third-order valence-corrected chi connectivity index (χ3v) is 2.23. The van der Waals surface area contributed by atoms with Crippen molar-refractivity contribution in [1.29, 1.82) is 0 Å². The molecule has 0 saturated carbocycles. The predicted molar refractivity (Wildman–Crippen MR) is 63.3 cm³/mol. The molecule has 0 spiro atoms. The fourth-order valence-corrected chi connectivity index (χ4v) is 1.39. The number of carbonyl (C=O) groups excluding carboxylic acids is 1. The summed E-state index contributed by atoms with van der Waals surface area (Å²) in [6.07, 6.45) is -3.23.